The van der Waals surface area contributed by atoms with Crippen LogP contribution in [0, 0.1) is 6.92 Å². The highest BCUT2D eigenvalue weighted by Gasteiger charge is 2.12. The molecule has 7 heteroatoms. The number of aromatic nitrogens is 2. The van der Waals surface area contributed by atoms with E-state index in [1.165, 1.54) is 6.20 Å². The number of carbonyl (C=O) groups is 2. The van der Waals surface area contributed by atoms with Crippen molar-refractivity contribution < 1.29 is 14.3 Å². The first-order valence-electron chi connectivity index (χ1n) is 5.53. The minimum absolute atomic E-state index is 0.0781. The second kappa shape index (κ2) is 6.53. The molecule has 1 rings (SSSR count). The van der Waals surface area contributed by atoms with Crippen LogP contribution < -0.4 is 10.6 Å². The van der Waals surface area contributed by atoms with Crippen LogP contribution in [-0.2, 0) is 9.53 Å². The van der Waals surface area contributed by atoms with E-state index in [9.17, 15) is 9.59 Å². The van der Waals surface area contributed by atoms with E-state index < -0.39 is 5.97 Å². The monoisotopic (exact) mass is 252 g/mol. The maximum atomic E-state index is 11.5. The quantitative estimate of drug-likeness (QED) is 0.723. The SMILES string of the molecule is CCOC(=O)c1cnc(NCC(=O)NC)nc1C. The number of aryl methyl sites for hydroxylation is 1. The van der Waals surface area contributed by atoms with Gasteiger partial charge in [0, 0.05) is 13.2 Å². The summed E-state index contributed by atoms with van der Waals surface area (Å²) in [7, 11) is 1.54. The summed E-state index contributed by atoms with van der Waals surface area (Å²) in [5, 5.41) is 5.21. The number of nitrogens with one attached hydrogen (secondary N) is 2. The van der Waals surface area contributed by atoms with Crippen LogP contribution in [-0.4, -0.2) is 42.0 Å². The molecule has 0 spiro atoms. The minimum Gasteiger partial charge on any atom is -0.462 e. The van der Waals surface area contributed by atoms with Crippen molar-refractivity contribution in [2.45, 2.75) is 13.8 Å². The number of nitrogens with zero attached hydrogens (tertiary/aromatic N) is 2. The Bertz CT molecular complexity index is 448. The van der Waals surface area contributed by atoms with E-state index in [-0.39, 0.29) is 12.5 Å². The van der Waals surface area contributed by atoms with Crippen molar-refractivity contribution in [2.75, 3.05) is 25.5 Å². The molecule has 2 N–H and O–H groups in total. The van der Waals surface area contributed by atoms with Crippen LogP contribution in [0.4, 0.5) is 5.95 Å². The standard InChI is InChI=1S/C11H16N4O3/c1-4-18-10(17)8-5-13-11(15-7(8)2)14-6-9(16)12-3/h5H,4,6H2,1-3H3,(H,12,16)(H,13,14,15). The van der Waals surface area contributed by atoms with Gasteiger partial charge in [0.1, 0.15) is 0 Å². The van der Waals surface area contributed by atoms with Crippen molar-refractivity contribution in [3.63, 3.8) is 0 Å². The van der Waals surface area contributed by atoms with Gasteiger partial charge in [0.2, 0.25) is 11.9 Å². The van der Waals surface area contributed by atoms with E-state index >= 15 is 0 Å². The number of likely N-dealkylation sites (N-methyl/N-ethyl adjacent to an activating group) is 1. The molecule has 0 aromatic carbocycles. The van der Waals surface area contributed by atoms with Gasteiger partial charge in [-0.2, -0.15) is 0 Å². The van der Waals surface area contributed by atoms with Crippen molar-refractivity contribution in [2.24, 2.45) is 0 Å². The van der Waals surface area contributed by atoms with Crippen LogP contribution in [0.15, 0.2) is 6.20 Å². The van der Waals surface area contributed by atoms with Gasteiger partial charge in [0.05, 0.1) is 24.4 Å². The van der Waals surface area contributed by atoms with E-state index in [0.29, 0.717) is 23.8 Å². The summed E-state index contributed by atoms with van der Waals surface area (Å²) >= 11 is 0. The Morgan fingerprint density at radius 1 is 1.44 bits per heavy atom. The average molecular weight is 252 g/mol. The van der Waals surface area contributed by atoms with Crippen LogP contribution in [0.5, 0.6) is 0 Å². The lowest BCUT2D eigenvalue weighted by molar-refractivity contribution is -0.118. The normalized spacial score (nSPS) is 9.72. The zero-order valence-corrected chi connectivity index (χ0v) is 10.6. The van der Waals surface area contributed by atoms with E-state index in [1.54, 1.807) is 20.9 Å². The molecule has 0 saturated heterocycles. The fourth-order valence-electron chi connectivity index (χ4n) is 1.21. The Morgan fingerprint density at radius 3 is 2.72 bits per heavy atom. The molecule has 0 aliphatic heterocycles. The number of esters is 1. The van der Waals surface area contributed by atoms with E-state index in [1.807, 2.05) is 0 Å². The predicted molar refractivity (Wildman–Crippen MR) is 65.3 cm³/mol. The lowest BCUT2D eigenvalue weighted by Gasteiger charge is -2.07. The van der Waals surface area contributed by atoms with Gasteiger partial charge in [0.25, 0.3) is 0 Å². The van der Waals surface area contributed by atoms with Gasteiger partial charge in [-0.25, -0.2) is 14.8 Å². The third-order valence-electron chi connectivity index (χ3n) is 2.16. The first kappa shape index (κ1) is 13.9. The first-order chi connectivity index (χ1) is 8.58. The van der Waals surface area contributed by atoms with Crippen LogP contribution in [0.25, 0.3) is 0 Å². The molecule has 1 aromatic heterocycles. The zero-order chi connectivity index (χ0) is 13.5. The number of hydrogen-bond acceptors (Lipinski definition) is 6. The van der Waals surface area contributed by atoms with Gasteiger partial charge < -0.3 is 15.4 Å². The van der Waals surface area contributed by atoms with Crippen molar-refractivity contribution in [3.05, 3.63) is 17.5 Å². The Morgan fingerprint density at radius 2 is 2.17 bits per heavy atom. The van der Waals surface area contributed by atoms with Crippen LogP contribution >= 0.6 is 0 Å². The highest BCUT2D eigenvalue weighted by molar-refractivity contribution is 5.90. The Labute approximate surface area is 105 Å². The van der Waals surface area contributed by atoms with Gasteiger partial charge in [-0.15, -0.1) is 0 Å². The second-order valence-electron chi connectivity index (χ2n) is 3.44. The predicted octanol–water partition coefficient (Wildman–Crippen LogP) is 0.120. The fraction of sp³-hybridized carbons (Fsp3) is 0.455. The molecule has 0 aliphatic carbocycles. The van der Waals surface area contributed by atoms with Crippen LogP contribution in [0.3, 0.4) is 0 Å². The number of hydrogen-bond donors (Lipinski definition) is 2. The summed E-state index contributed by atoms with van der Waals surface area (Å²) in [6, 6.07) is 0. The molecule has 0 aliphatic rings. The maximum Gasteiger partial charge on any atom is 0.341 e. The molecule has 18 heavy (non-hydrogen) atoms. The number of anilines is 1. The van der Waals surface area contributed by atoms with Crippen molar-refractivity contribution in [1.29, 1.82) is 0 Å². The zero-order valence-electron chi connectivity index (χ0n) is 10.6. The van der Waals surface area contributed by atoms with E-state index in [4.69, 9.17) is 4.74 Å². The Balaban J connectivity index is 2.73. The average Bonchev–Trinajstić information content (AvgIpc) is 2.36. The highest BCUT2D eigenvalue weighted by Crippen LogP contribution is 2.08. The molecule has 0 atom stereocenters. The molecule has 7 nitrogen and oxygen atoms in total. The van der Waals surface area contributed by atoms with E-state index in [2.05, 4.69) is 20.6 Å². The van der Waals surface area contributed by atoms with Gasteiger partial charge in [-0.05, 0) is 13.8 Å². The molecule has 0 saturated carbocycles. The number of carbonyl (C=O) groups excluding carboxylic acids is 2. The molecule has 1 amide bonds. The molecular formula is C11H16N4O3. The molecular weight excluding hydrogens is 236 g/mol. The lowest BCUT2D eigenvalue weighted by atomic mass is 10.2. The topological polar surface area (TPSA) is 93.2 Å². The largest absolute Gasteiger partial charge is 0.462 e. The van der Waals surface area contributed by atoms with Crippen LogP contribution in [0.1, 0.15) is 23.0 Å². The Hall–Kier alpha value is -2.18. The number of ether oxygens (including phenoxy) is 1. The first-order valence-corrected chi connectivity index (χ1v) is 5.53. The van der Waals surface area contributed by atoms with Gasteiger partial charge in [-0.1, -0.05) is 0 Å². The number of rotatable bonds is 5. The van der Waals surface area contributed by atoms with Gasteiger partial charge >= 0.3 is 5.97 Å². The fourth-order valence-corrected chi connectivity index (χ4v) is 1.21. The molecule has 0 fully saturated rings. The summed E-state index contributed by atoms with van der Waals surface area (Å²) in [6.07, 6.45) is 1.38. The van der Waals surface area contributed by atoms with Crippen LogP contribution in [0.2, 0.25) is 0 Å². The summed E-state index contributed by atoms with van der Waals surface area (Å²) in [5.41, 5.74) is 0.824. The molecule has 0 unspecified atom stereocenters. The molecule has 98 valence electrons. The lowest BCUT2D eigenvalue weighted by Crippen LogP contribution is -2.27. The number of amides is 1. The summed E-state index contributed by atoms with van der Waals surface area (Å²) < 4.78 is 4.86. The molecule has 1 heterocycles. The molecule has 1 aromatic rings. The summed E-state index contributed by atoms with van der Waals surface area (Å²) in [5.74, 6) is -0.331. The smallest absolute Gasteiger partial charge is 0.341 e. The second-order valence-corrected chi connectivity index (χ2v) is 3.44. The van der Waals surface area contributed by atoms with Crippen molar-refractivity contribution in [3.8, 4) is 0 Å². The third-order valence-corrected chi connectivity index (χ3v) is 2.16. The van der Waals surface area contributed by atoms with Gasteiger partial charge in [-0.3, -0.25) is 4.79 Å². The van der Waals surface area contributed by atoms with Crippen molar-refractivity contribution >= 4 is 17.8 Å². The highest BCUT2D eigenvalue weighted by atomic mass is 16.5. The molecule has 0 bridgehead atoms. The van der Waals surface area contributed by atoms with Crippen molar-refractivity contribution in [1.82, 2.24) is 15.3 Å². The van der Waals surface area contributed by atoms with E-state index in [0.717, 1.165) is 0 Å². The third kappa shape index (κ3) is 3.69. The molecule has 0 radical (unpaired) electrons. The summed E-state index contributed by atoms with van der Waals surface area (Å²) in [6.45, 7) is 3.79. The summed E-state index contributed by atoms with van der Waals surface area (Å²) in [4.78, 5) is 30.6. The van der Waals surface area contributed by atoms with Gasteiger partial charge in [0.15, 0.2) is 0 Å². The maximum absolute atomic E-state index is 11.5. The minimum atomic E-state index is -0.451. The Kier molecular flexibility index (Phi) is 5.04.